The summed E-state index contributed by atoms with van der Waals surface area (Å²) in [5.74, 6) is -1.73. The van der Waals surface area contributed by atoms with Crippen molar-refractivity contribution in [2.24, 2.45) is 5.92 Å². The lowest BCUT2D eigenvalue weighted by atomic mass is 9.96. The number of piperidine rings is 1. The van der Waals surface area contributed by atoms with Gasteiger partial charge in [-0.3, -0.25) is 4.79 Å². The van der Waals surface area contributed by atoms with Crippen molar-refractivity contribution >= 4 is 16.7 Å². The summed E-state index contributed by atoms with van der Waals surface area (Å²) >= 11 is 0. The maximum atomic E-state index is 12.9. The van der Waals surface area contributed by atoms with E-state index in [-0.39, 0.29) is 18.9 Å². The normalized spacial score (nSPS) is 19.4. The average Bonchev–Trinajstić information content (AvgIpc) is 2.53. The Kier molecular flexibility index (Phi) is 3.81. The third-order valence-electron chi connectivity index (χ3n) is 4.19. The second kappa shape index (κ2) is 5.63. The highest BCUT2D eigenvalue weighted by atomic mass is 19.4. The van der Waals surface area contributed by atoms with Crippen LogP contribution in [0.3, 0.4) is 0 Å². The van der Waals surface area contributed by atoms with Gasteiger partial charge in [0, 0.05) is 18.7 Å². The molecule has 0 radical (unpaired) electrons. The van der Waals surface area contributed by atoms with Crippen molar-refractivity contribution in [3.8, 4) is 0 Å². The van der Waals surface area contributed by atoms with Crippen LogP contribution in [-0.4, -0.2) is 30.1 Å². The molecule has 0 saturated carbocycles. The van der Waals surface area contributed by atoms with Crippen LogP contribution < -0.4 is 0 Å². The van der Waals surface area contributed by atoms with E-state index in [1.165, 1.54) is 4.90 Å². The Morgan fingerprint density at radius 3 is 2.59 bits per heavy atom. The van der Waals surface area contributed by atoms with Crippen LogP contribution in [0.2, 0.25) is 0 Å². The van der Waals surface area contributed by atoms with Gasteiger partial charge < -0.3 is 4.90 Å². The Labute approximate surface area is 126 Å². The average molecular weight is 307 g/mol. The van der Waals surface area contributed by atoms with Gasteiger partial charge in [0.2, 0.25) is 0 Å². The van der Waals surface area contributed by atoms with Gasteiger partial charge in [0.1, 0.15) is 0 Å². The molecule has 1 saturated heterocycles. The van der Waals surface area contributed by atoms with Crippen LogP contribution in [0.1, 0.15) is 23.2 Å². The second-order valence-electron chi connectivity index (χ2n) is 5.66. The van der Waals surface area contributed by atoms with Crippen LogP contribution in [0.25, 0.3) is 10.8 Å². The predicted octanol–water partition coefficient (Wildman–Crippen LogP) is 4.25. The van der Waals surface area contributed by atoms with Crippen molar-refractivity contribution in [3.63, 3.8) is 0 Å². The Balaban J connectivity index is 1.90. The molecule has 3 rings (SSSR count). The van der Waals surface area contributed by atoms with Crippen molar-refractivity contribution in [2.75, 3.05) is 13.1 Å². The molecule has 1 atom stereocenters. The molecule has 0 bridgehead atoms. The number of fused-ring (bicyclic) bond motifs is 1. The number of benzene rings is 2. The van der Waals surface area contributed by atoms with Crippen LogP contribution >= 0.6 is 0 Å². The SMILES string of the molecule is O=C(c1cccc2ccccc12)N1CCC[C@H](C(F)(F)F)C1. The third-order valence-corrected chi connectivity index (χ3v) is 4.19. The summed E-state index contributed by atoms with van der Waals surface area (Å²) in [6.45, 7) is 0.139. The molecular weight excluding hydrogens is 291 g/mol. The van der Waals surface area contributed by atoms with E-state index in [0.29, 0.717) is 18.5 Å². The molecule has 22 heavy (non-hydrogen) atoms. The Morgan fingerprint density at radius 1 is 1.09 bits per heavy atom. The lowest BCUT2D eigenvalue weighted by Crippen LogP contribution is -2.44. The van der Waals surface area contributed by atoms with E-state index in [1.807, 2.05) is 30.3 Å². The molecule has 2 nitrogen and oxygen atoms in total. The van der Waals surface area contributed by atoms with Crippen LogP contribution in [0.5, 0.6) is 0 Å². The van der Waals surface area contributed by atoms with Gasteiger partial charge in [-0.05, 0) is 29.7 Å². The van der Waals surface area contributed by atoms with Crippen molar-refractivity contribution in [2.45, 2.75) is 19.0 Å². The standard InChI is InChI=1S/C17H16F3NO/c18-17(19,20)13-7-4-10-21(11-13)16(22)15-9-3-6-12-5-1-2-8-14(12)15/h1-3,5-6,8-9,13H,4,7,10-11H2/t13-/m0/s1. The summed E-state index contributed by atoms with van der Waals surface area (Å²) in [4.78, 5) is 14.0. The van der Waals surface area contributed by atoms with Gasteiger partial charge >= 0.3 is 6.18 Å². The van der Waals surface area contributed by atoms with Crippen LogP contribution in [0.15, 0.2) is 42.5 Å². The minimum atomic E-state index is -4.24. The first kappa shape index (κ1) is 14.9. The molecule has 1 amide bonds. The van der Waals surface area contributed by atoms with E-state index < -0.39 is 12.1 Å². The molecule has 2 aromatic carbocycles. The van der Waals surface area contributed by atoms with Gasteiger partial charge in [-0.1, -0.05) is 36.4 Å². The molecule has 2 aromatic rings. The van der Waals surface area contributed by atoms with Crippen molar-refractivity contribution in [3.05, 3.63) is 48.0 Å². The molecule has 116 valence electrons. The molecule has 0 aromatic heterocycles. The Bertz CT molecular complexity index is 690. The third kappa shape index (κ3) is 2.80. The van der Waals surface area contributed by atoms with Crippen molar-refractivity contribution in [1.82, 2.24) is 4.90 Å². The van der Waals surface area contributed by atoms with Gasteiger partial charge in [-0.2, -0.15) is 13.2 Å². The lowest BCUT2D eigenvalue weighted by Gasteiger charge is -2.34. The first-order valence-electron chi connectivity index (χ1n) is 7.30. The zero-order valence-corrected chi connectivity index (χ0v) is 11.9. The highest BCUT2D eigenvalue weighted by Crippen LogP contribution is 2.34. The van der Waals surface area contributed by atoms with Crippen LogP contribution in [-0.2, 0) is 0 Å². The van der Waals surface area contributed by atoms with Crippen molar-refractivity contribution < 1.29 is 18.0 Å². The number of hydrogen-bond donors (Lipinski definition) is 0. The van der Waals surface area contributed by atoms with Gasteiger partial charge in [0.25, 0.3) is 5.91 Å². The number of alkyl halides is 3. The fraction of sp³-hybridized carbons (Fsp3) is 0.353. The summed E-state index contributed by atoms with van der Waals surface area (Å²) in [6.07, 6.45) is -3.75. The molecule has 5 heteroatoms. The molecule has 0 unspecified atom stereocenters. The zero-order chi connectivity index (χ0) is 15.7. The minimum absolute atomic E-state index is 0.100. The van der Waals surface area contributed by atoms with Gasteiger partial charge in [-0.25, -0.2) is 0 Å². The predicted molar refractivity (Wildman–Crippen MR) is 78.6 cm³/mol. The smallest absolute Gasteiger partial charge is 0.338 e. The summed E-state index contributed by atoms with van der Waals surface area (Å²) < 4.78 is 38.7. The number of halogens is 3. The van der Waals surface area contributed by atoms with E-state index in [1.54, 1.807) is 12.1 Å². The fourth-order valence-corrected chi connectivity index (χ4v) is 3.01. The number of carbonyl (C=O) groups is 1. The number of amides is 1. The quantitative estimate of drug-likeness (QED) is 0.771. The number of carbonyl (C=O) groups excluding carboxylic acids is 1. The zero-order valence-electron chi connectivity index (χ0n) is 11.9. The maximum Gasteiger partial charge on any atom is 0.393 e. The topological polar surface area (TPSA) is 20.3 Å². The van der Waals surface area contributed by atoms with E-state index >= 15 is 0 Å². The minimum Gasteiger partial charge on any atom is -0.338 e. The fourth-order valence-electron chi connectivity index (χ4n) is 3.01. The molecule has 1 fully saturated rings. The Hall–Kier alpha value is -2.04. The lowest BCUT2D eigenvalue weighted by molar-refractivity contribution is -0.184. The van der Waals surface area contributed by atoms with E-state index in [0.717, 1.165) is 10.8 Å². The van der Waals surface area contributed by atoms with Crippen molar-refractivity contribution in [1.29, 1.82) is 0 Å². The summed E-state index contributed by atoms with van der Waals surface area (Å²) in [5, 5.41) is 1.70. The van der Waals surface area contributed by atoms with E-state index in [4.69, 9.17) is 0 Å². The number of likely N-dealkylation sites (tertiary alicyclic amines) is 1. The van der Waals surface area contributed by atoms with Gasteiger partial charge in [-0.15, -0.1) is 0 Å². The second-order valence-corrected chi connectivity index (χ2v) is 5.66. The molecule has 1 aliphatic heterocycles. The molecule has 0 aliphatic carbocycles. The first-order chi connectivity index (χ1) is 10.5. The van der Waals surface area contributed by atoms with Crippen LogP contribution in [0, 0.1) is 5.92 Å². The van der Waals surface area contributed by atoms with Crippen LogP contribution in [0.4, 0.5) is 13.2 Å². The highest BCUT2D eigenvalue weighted by Gasteiger charge is 2.42. The summed E-state index contributed by atoms with van der Waals surface area (Å²) in [7, 11) is 0. The molecular formula is C17H16F3NO. The maximum absolute atomic E-state index is 12.9. The molecule has 1 heterocycles. The van der Waals surface area contributed by atoms with E-state index in [9.17, 15) is 18.0 Å². The molecule has 0 spiro atoms. The number of rotatable bonds is 1. The number of nitrogens with zero attached hydrogens (tertiary/aromatic N) is 1. The summed E-state index contributed by atoms with van der Waals surface area (Å²) in [5.41, 5.74) is 0.473. The highest BCUT2D eigenvalue weighted by molar-refractivity contribution is 6.07. The number of hydrogen-bond acceptors (Lipinski definition) is 1. The summed E-state index contributed by atoms with van der Waals surface area (Å²) in [6, 6.07) is 12.8. The molecule has 1 aliphatic rings. The Morgan fingerprint density at radius 2 is 1.82 bits per heavy atom. The van der Waals surface area contributed by atoms with Gasteiger partial charge in [0.05, 0.1) is 5.92 Å². The van der Waals surface area contributed by atoms with E-state index in [2.05, 4.69) is 0 Å². The first-order valence-corrected chi connectivity index (χ1v) is 7.30. The van der Waals surface area contributed by atoms with Gasteiger partial charge in [0.15, 0.2) is 0 Å². The largest absolute Gasteiger partial charge is 0.393 e. The monoisotopic (exact) mass is 307 g/mol. The molecule has 0 N–H and O–H groups in total.